The highest BCUT2D eigenvalue weighted by molar-refractivity contribution is 5.96. The van der Waals surface area contributed by atoms with Crippen molar-refractivity contribution in [3.05, 3.63) is 59.7 Å². The van der Waals surface area contributed by atoms with Crippen molar-refractivity contribution in [3.63, 3.8) is 0 Å². The summed E-state index contributed by atoms with van der Waals surface area (Å²) in [5.41, 5.74) is 8.91. The molecule has 0 fully saturated rings. The number of aryl methyl sites for hydroxylation is 1. The lowest BCUT2D eigenvalue weighted by Crippen LogP contribution is -2.41. The molecule has 1 atom stereocenters. The number of alkyl carbamates (subject to hydrolysis) is 1. The van der Waals surface area contributed by atoms with Crippen molar-refractivity contribution < 1.29 is 14.3 Å². The molecule has 2 rings (SSSR count). The Balaban J connectivity index is 1.84. The summed E-state index contributed by atoms with van der Waals surface area (Å²) in [6, 6.07) is 14.1. The second-order valence-corrected chi connectivity index (χ2v) is 5.51. The molecule has 6 heteroatoms. The minimum absolute atomic E-state index is 0.104. The quantitative estimate of drug-likeness (QED) is 0.734. The van der Waals surface area contributed by atoms with Crippen molar-refractivity contribution in [2.24, 2.45) is 0 Å². The van der Waals surface area contributed by atoms with Gasteiger partial charge in [0.15, 0.2) is 0 Å². The Labute approximate surface area is 141 Å². The Morgan fingerprint density at radius 2 is 1.88 bits per heavy atom. The molecule has 2 aromatic carbocycles. The highest BCUT2D eigenvalue weighted by Crippen LogP contribution is 2.20. The van der Waals surface area contributed by atoms with Crippen LogP contribution in [0.4, 0.5) is 16.2 Å². The monoisotopic (exact) mass is 327 g/mol. The van der Waals surface area contributed by atoms with E-state index in [9.17, 15) is 9.59 Å². The van der Waals surface area contributed by atoms with Crippen molar-refractivity contribution in [1.82, 2.24) is 5.32 Å². The highest BCUT2D eigenvalue weighted by atomic mass is 16.5. The van der Waals surface area contributed by atoms with Crippen LogP contribution in [0.15, 0.2) is 48.5 Å². The van der Waals surface area contributed by atoms with E-state index in [0.717, 1.165) is 11.1 Å². The predicted octanol–water partition coefficient (Wildman–Crippen LogP) is 2.83. The first kappa shape index (κ1) is 17.3. The van der Waals surface area contributed by atoms with E-state index in [1.54, 1.807) is 13.0 Å². The van der Waals surface area contributed by atoms with Crippen LogP contribution in [-0.2, 0) is 16.1 Å². The van der Waals surface area contributed by atoms with Gasteiger partial charge in [-0.2, -0.15) is 0 Å². The largest absolute Gasteiger partial charge is 0.444 e. The Bertz CT molecular complexity index is 717. The van der Waals surface area contributed by atoms with Crippen molar-refractivity contribution in [2.45, 2.75) is 26.5 Å². The summed E-state index contributed by atoms with van der Waals surface area (Å²) in [5.74, 6) is -0.492. The number of hydrogen-bond acceptors (Lipinski definition) is 5. The fourth-order valence-electron chi connectivity index (χ4n) is 2.06. The van der Waals surface area contributed by atoms with E-state index in [1.165, 1.54) is 0 Å². The molecular weight excluding hydrogens is 306 g/mol. The van der Waals surface area contributed by atoms with Gasteiger partial charge >= 0.3 is 6.09 Å². The summed E-state index contributed by atoms with van der Waals surface area (Å²) < 4.78 is 5.02. The number of imide groups is 1. The number of nitrogens with two attached hydrogens (primary N) is 1. The van der Waals surface area contributed by atoms with Crippen LogP contribution in [0.2, 0.25) is 0 Å². The van der Waals surface area contributed by atoms with E-state index in [4.69, 9.17) is 10.5 Å². The highest BCUT2D eigenvalue weighted by Gasteiger charge is 2.17. The molecule has 6 nitrogen and oxygen atoms in total. The van der Waals surface area contributed by atoms with E-state index in [1.807, 2.05) is 49.4 Å². The lowest BCUT2D eigenvalue weighted by molar-refractivity contribution is -0.120. The SMILES string of the molecule is Cc1ccc(N)c(N[C@@H](C)C(=O)NC(=O)OCc2ccccc2)c1. The van der Waals surface area contributed by atoms with Gasteiger partial charge in [-0.15, -0.1) is 0 Å². The van der Waals surface area contributed by atoms with E-state index in [0.29, 0.717) is 11.4 Å². The molecule has 0 saturated carbocycles. The number of ether oxygens (including phenoxy) is 1. The molecule has 0 saturated heterocycles. The van der Waals surface area contributed by atoms with Gasteiger partial charge in [0.2, 0.25) is 0 Å². The number of amides is 2. The van der Waals surface area contributed by atoms with Gasteiger partial charge in [0.05, 0.1) is 11.4 Å². The maximum absolute atomic E-state index is 12.1. The molecule has 2 amide bonds. The molecule has 0 bridgehead atoms. The van der Waals surface area contributed by atoms with Crippen LogP contribution >= 0.6 is 0 Å². The summed E-state index contributed by atoms with van der Waals surface area (Å²) in [7, 11) is 0. The van der Waals surface area contributed by atoms with Gasteiger partial charge in [0, 0.05) is 0 Å². The molecule has 4 N–H and O–H groups in total. The lowest BCUT2D eigenvalue weighted by atomic mass is 10.1. The molecule has 0 aliphatic carbocycles. The number of anilines is 2. The van der Waals surface area contributed by atoms with Gasteiger partial charge in [0.25, 0.3) is 5.91 Å². The van der Waals surface area contributed by atoms with Crippen molar-refractivity contribution in [1.29, 1.82) is 0 Å². The van der Waals surface area contributed by atoms with Gasteiger partial charge in [-0.1, -0.05) is 36.4 Å². The molecule has 0 heterocycles. The lowest BCUT2D eigenvalue weighted by Gasteiger charge is -2.16. The second-order valence-electron chi connectivity index (χ2n) is 5.51. The molecule has 24 heavy (non-hydrogen) atoms. The van der Waals surface area contributed by atoms with E-state index >= 15 is 0 Å². The Hall–Kier alpha value is -3.02. The molecule has 126 valence electrons. The zero-order valence-electron chi connectivity index (χ0n) is 13.7. The molecule has 0 aliphatic heterocycles. The molecule has 2 aromatic rings. The maximum Gasteiger partial charge on any atom is 0.414 e. The van der Waals surface area contributed by atoms with Crippen LogP contribution in [0.5, 0.6) is 0 Å². The molecule has 0 spiro atoms. The number of nitrogens with one attached hydrogen (secondary N) is 2. The van der Waals surface area contributed by atoms with Crippen LogP contribution in [-0.4, -0.2) is 18.0 Å². The third kappa shape index (κ3) is 5.01. The summed E-state index contributed by atoms with van der Waals surface area (Å²) >= 11 is 0. The van der Waals surface area contributed by atoms with Crippen molar-refractivity contribution >= 4 is 23.4 Å². The fourth-order valence-corrected chi connectivity index (χ4v) is 2.06. The summed E-state index contributed by atoms with van der Waals surface area (Å²) in [6.07, 6.45) is -0.783. The third-order valence-electron chi connectivity index (χ3n) is 3.41. The minimum Gasteiger partial charge on any atom is -0.444 e. The topological polar surface area (TPSA) is 93.5 Å². The summed E-state index contributed by atoms with van der Waals surface area (Å²) in [5, 5.41) is 5.19. The van der Waals surface area contributed by atoms with E-state index in [2.05, 4.69) is 10.6 Å². The van der Waals surface area contributed by atoms with Gasteiger partial charge < -0.3 is 15.8 Å². The normalized spacial score (nSPS) is 11.4. The first-order valence-corrected chi connectivity index (χ1v) is 7.60. The summed E-state index contributed by atoms with van der Waals surface area (Å²) in [6.45, 7) is 3.67. The number of carbonyl (C=O) groups excluding carboxylic acids is 2. The Morgan fingerprint density at radius 1 is 1.17 bits per heavy atom. The molecule has 0 aromatic heterocycles. The number of hydrogen-bond donors (Lipinski definition) is 3. The molecular formula is C18H21N3O3. The third-order valence-corrected chi connectivity index (χ3v) is 3.41. The van der Waals surface area contributed by atoms with E-state index < -0.39 is 18.0 Å². The second kappa shape index (κ2) is 8.01. The molecule has 0 unspecified atom stereocenters. The van der Waals surface area contributed by atoms with Crippen LogP contribution in [0.25, 0.3) is 0 Å². The van der Waals surface area contributed by atoms with Crippen molar-refractivity contribution in [2.75, 3.05) is 11.1 Å². The first-order valence-electron chi connectivity index (χ1n) is 7.60. The first-order chi connectivity index (χ1) is 11.5. The average Bonchev–Trinajstić information content (AvgIpc) is 2.57. The molecule has 0 aliphatic rings. The smallest absolute Gasteiger partial charge is 0.414 e. The van der Waals surface area contributed by atoms with E-state index in [-0.39, 0.29) is 6.61 Å². The van der Waals surface area contributed by atoms with Crippen LogP contribution in [0.3, 0.4) is 0 Å². The maximum atomic E-state index is 12.1. The van der Waals surface area contributed by atoms with Gasteiger partial charge in [-0.25, -0.2) is 4.79 Å². The number of carbonyl (C=O) groups is 2. The zero-order chi connectivity index (χ0) is 17.5. The standard InChI is InChI=1S/C18H21N3O3/c1-12-8-9-15(19)16(10-12)20-13(2)17(22)21-18(23)24-11-14-6-4-3-5-7-14/h3-10,13,20H,11,19H2,1-2H3,(H,21,22,23)/t13-/m0/s1. The fraction of sp³-hybridized carbons (Fsp3) is 0.222. The summed E-state index contributed by atoms with van der Waals surface area (Å²) in [4.78, 5) is 23.7. The minimum atomic E-state index is -0.783. The zero-order valence-corrected chi connectivity index (χ0v) is 13.7. The van der Waals surface area contributed by atoms with Gasteiger partial charge in [0.1, 0.15) is 12.6 Å². The van der Waals surface area contributed by atoms with Crippen LogP contribution in [0.1, 0.15) is 18.1 Å². The number of rotatable bonds is 5. The van der Waals surface area contributed by atoms with Crippen LogP contribution < -0.4 is 16.4 Å². The number of nitrogen functional groups attached to an aromatic ring is 1. The van der Waals surface area contributed by atoms with Gasteiger partial charge in [-0.05, 0) is 37.1 Å². The Morgan fingerprint density at radius 3 is 2.58 bits per heavy atom. The van der Waals surface area contributed by atoms with Crippen molar-refractivity contribution in [3.8, 4) is 0 Å². The number of benzene rings is 2. The van der Waals surface area contributed by atoms with Crippen LogP contribution in [0, 0.1) is 6.92 Å². The van der Waals surface area contributed by atoms with Gasteiger partial charge in [-0.3, -0.25) is 10.1 Å². The Kier molecular flexibility index (Phi) is 5.78. The average molecular weight is 327 g/mol. The predicted molar refractivity (Wildman–Crippen MR) is 93.4 cm³/mol. The molecule has 0 radical (unpaired) electrons.